The van der Waals surface area contributed by atoms with E-state index in [1.165, 1.54) is 6.42 Å². The summed E-state index contributed by atoms with van der Waals surface area (Å²) in [6, 6.07) is 5.67. The van der Waals surface area contributed by atoms with E-state index in [9.17, 15) is 0 Å². The third-order valence-corrected chi connectivity index (χ3v) is 4.54. The highest BCUT2D eigenvalue weighted by Crippen LogP contribution is 2.34. The monoisotopic (exact) mass is 281 g/mol. The van der Waals surface area contributed by atoms with Gasteiger partial charge in [-0.3, -0.25) is 0 Å². The van der Waals surface area contributed by atoms with Crippen LogP contribution in [0, 0.1) is 11.8 Å². The Kier molecular flexibility index (Phi) is 4.75. The van der Waals surface area contributed by atoms with Gasteiger partial charge in [-0.1, -0.05) is 25.4 Å². The summed E-state index contributed by atoms with van der Waals surface area (Å²) in [5, 5.41) is 0.713. The Hall–Kier alpha value is -0.730. The third-order valence-electron chi connectivity index (χ3n) is 4.31. The molecule has 0 radical (unpaired) electrons. The first-order chi connectivity index (χ1) is 8.97. The van der Waals surface area contributed by atoms with E-state index in [0.29, 0.717) is 11.1 Å². The highest BCUT2D eigenvalue weighted by atomic mass is 35.5. The maximum absolute atomic E-state index is 6.18. The fraction of sp³-hybridized carbons (Fsp3) is 0.625. The van der Waals surface area contributed by atoms with Crippen LogP contribution in [0.3, 0.4) is 0 Å². The molecule has 0 aromatic heterocycles. The van der Waals surface area contributed by atoms with Gasteiger partial charge in [-0.25, -0.2) is 0 Å². The Morgan fingerprint density at radius 1 is 1.26 bits per heavy atom. The first-order valence-electron chi connectivity index (χ1n) is 7.19. The first-order valence-corrected chi connectivity index (χ1v) is 7.57. The van der Waals surface area contributed by atoms with Gasteiger partial charge in [-0.15, -0.1) is 0 Å². The van der Waals surface area contributed by atoms with Gasteiger partial charge >= 0.3 is 0 Å². The fourth-order valence-electron chi connectivity index (χ4n) is 2.77. The fourth-order valence-corrected chi connectivity index (χ4v) is 2.95. The molecule has 0 amide bonds. The molecule has 1 aromatic carbocycles. The largest absolute Gasteiger partial charge is 0.490 e. The summed E-state index contributed by atoms with van der Waals surface area (Å²) in [6.07, 6.45) is 3.81. The summed E-state index contributed by atoms with van der Waals surface area (Å²) in [5.74, 6) is 2.42. The van der Waals surface area contributed by atoms with Crippen LogP contribution in [-0.2, 0) is 0 Å². The molecule has 1 aliphatic rings. The standard InChI is InChI=1S/C16H24ClNO/c1-10-4-6-14(8-11(10)2)19-16-7-5-13(17)9-15(16)12(3)18/h5,7,9-12,14H,4,6,8,18H2,1-3H3/t10?,11?,12-,14?/m0/s1. The molecule has 1 aliphatic carbocycles. The number of halogens is 1. The van der Waals surface area contributed by atoms with Crippen LogP contribution < -0.4 is 10.5 Å². The molecule has 2 N–H and O–H groups in total. The minimum atomic E-state index is -0.0614. The molecule has 106 valence electrons. The van der Waals surface area contributed by atoms with Crippen LogP contribution in [0.5, 0.6) is 5.75 Å². The van der Waals surface area contributed by atoms with E-state index in [-0.39, 0.29) is 6.04 Å². The van der Waals surface area contributed by atoms with Gasteiger partial charge < -0.3 is 10.5 Å². The Morgan fingerprint density at radius 2 is 2.00 bits per heavy atom. The van der Waals surface area contributed by atoms with Crippen LogP contribution >= 0.6 is 11.6 Å². The molecule has 3 unspecified atom stereocenters. The quantitative estimate of drug-likeness (QED) is 0.881. The molecule has 0 bridgehead atoms. The predicted octanol–water partition coefficient (Wildman–Crippen LogP) is 4.56. The second kappa shape index (κ2) is 6.15. The zero-order valence-corrected chi connectivity index (χ0v) is 12.8. The van der Waals surface area contributed by atoms with E-state index < -0.39 is 0 Å². The van der Waals surface area contributed by atoms with Crippen molar-refractivity contribution in [1.29, 1.82) is 0 Å². The van der Waals surface area contributed by atoms with Crippen LogP contribution in [0.2, 0.25) is 5.02 Å². The van der Waals surface area contributed by atoms with Crippen LogP contribution in [0.15, 0.2) is 18.2 Å². The van der Waals surface area contributed by atoms with E-state index in [1.54, 1.807) is 0 Å². The van der Waals surface area contributed by atoms with Crippen LogP contribution in [-0.4, -0.2) is 6.10 Å². The van der Waals surface area contributed by atoms with Gasteiger partial charge in [-0.05, 0) is 56.2 Å². The lowest BCUT2D eigenvalue weighted by molar-refractivity contribution is 0.0994. The smallest absolute Gasteiger partial charge is 0.124 e. The molecule has 2 nitrogen and oxygen atoms in total. The summed E-state index contributed by atoms with van der Waals surface area (Å²) in [4.78, 5) is 0. The van der Waals surface area contributed by atoms with Gasteiger partial charge in [0.05, 0.1) is 6.10 Å². The van der Waals surface area contributed by atoms with Crippen molar-refractivity contribution in [1.82, 2.24) is 0 Å². The SMILES string of the molecule is CC1CCC(Oc2ccc(Cl)cc2[C@H](C)N)CC1C. The Labute approximate surface area is 121 Å². The molecular formula is C16H24ClNO. The number of hydrogen-bond donors (Lipinski definition) is 1. The minimum Gasteiger partial charge on any atom is -0.490 e. The normalized spacial score (nSPS) is 29.0. The first kappa shape index (κ1) is 14.7. The maximum atomic E-state index is 6.18. The Bertz CT molecular complexity index is 433. The molecule has 1 saturated carbocycles. The van der Waals surface area contributed by atoms with Crippen molar-refractivity contribution in [3.63, 3.8) is 0 Å². The van der Waals surface area contributed by atoms with E-state index in [1.807, 2.05) is 25.1 Å². The average molecular weight is 282 g/mol. The Balaban J connectivity index is 2.11. The molecule has 19 heavy (non-hydrogen) atoms. The van der Waals surface area contributed by atoms with Crippen molar-refractivity contribution in [2.24, 2.45) is 17.6 Å². The number of rotatable bonds is 3. The van der Waals surface area contributed by atoms with Crippen molar-refractivity contribution >= 4 is 11.6 Å². The molecule has 1 fully saturated rings. The van der Waals surface area contributed by atoms with Crippen molar-refractivity contribution < 1.29 is 4.74 Å². The molecule has 4 atom stereocenters. The highest BCUT2D eigenvalue weighted by Gasteiger charge is 2.26. The average Bonchev–Trinajstić information content (AvgIpc) is 2.36. The summed E-state index contributed by atoms with van der Waals surface area (Å²) < 4.78 is 6.18. The van der Waals surface area contributed by atoms with Gasteiger partial charge in [0.1, 0.15) is 5.75 Å². The van der Waals surface area contributed by atoms with Crippen LogP contribution in [0.4, 0.5) is 0 Å². The van der Waals surface area contributed by atoms with E-state index in [4.69, 9.17) is 22.1 Å². The van der Waals surface area contributed by atoms with Crippen LogP contribution in [0.1, 0.15) is 51.6 Å². The van der Waals surface area contributed by atoms with Gasteiger partial charge in [0, 0.05) is 16.6 Å². The second-order valence-electron chi connectivity index (χ2n) is 5.98. The summed E-state index contributed by atoms with van der Waals surface area (Å²) in [5.41, 5.74) is 7.00. The predicted molar refractivity (Wildman–Crippen MR) is 80.6 cm³/mol. The van der Waals surface area contributed by atoms with E-state index in [2.05, 4.69) is 13.8 Å². The van der Waals surface area contributed by atoms with Crippen molar-refractivity contribution in [3.8, 4) is 5.75 Å². The third kappa shape index (κ3) is 3.64. The molecular weight excluding hydrogens is 258 g/mol. The minimum absolute atomic E-state index is 0.0614. The van der Waals surface area contributed by atoms with E-state index in [0.717, 1.165) is 36.0 Å². The van der Waals surface area contributed by atoms with Gasteiger partial charge in [0.25, 0.3) is 0 Å². The molecule has 0 saturated heterocycles. The zero-order chi connectivity index (χ0) is 14.0. The number of nitrogens with two attached hydrogens (primary N) is 1. The Morgan fingerprint density at radius 3 is 2.63 bits per heavy atom. The van der Waals surface area contributed by atoms with Crippen molar-refractivity contribution in [2.75, 3.05) is 0 Å². The van der Waals surface area contributed by atoms with Crippen molar-refractivity contribution in [2.45, 2.75) is 52.2 Å². The van der Waals surface area contributed by atoms with Gasteiger partial charge in [-0.2, -0.15) is 0 Å². The highest BCUT2D eigenvalue weighted by molar-refractivity contribution is 6.30. The number of benzene rings is 1. The topological polar surface area (TPSA) is 35.2 Å². The number of ether oxygens (including phenoxy) is 1. The molecule has 0 spiro atoms. The summed E-state index contributed by atoms with van der Waals surface area (Å²) in [7, 11) is 0. The molecule has 2 rings (SSSR count). The second-order valence-corrected chi connectivity index (χ2v) is 6.41. The molecule has 0 aliphatic heterocycles. The molecule has 1 aromatic rings. The van der Waals surface area contributed by atoms with Gasteiger partial charge in [0.15, 0.2) is 0 Å². The summed E-state index contributed by atoms with van der Waals surface area (Å²) in [6.45, 7) is 6.61. The van der Waals surface area contributed by atoms with Crippen LogP contribution in [0.25, 0.3) is 0 Å². The van der Waals surface area contributed by atoms with Gasteiger partial charge in [0.2, 0.25) is 0 Å². The van der Waals surface area contributed by atoms with E-state index >= 15 is 0 Å². The summed E-state index contributed by atoms with van der Waals surface area (Å²) >= 11 is 6.03. The van der Waals surface area contributed by atoms with Crippen molar-refractivity contribution in [3.05, 3.63) is 28.8 Å². The number of hydrogen-bond acceptors (Lipinski definition) is 2. The molecule has 3 heteroatoms. The lowest BCUT2D eigenvalue weighted by Gasteiger charge is -2.33. The molecule has 0 heterocycles. The lowest BCUT2D eigenvalue weighted by atomic mass is 9.80. The lowest BCUT2D eigenvalue weighted by Crippen LogP contribution is -2.29. The maximum Gasteiger partial charge on any atom is 0.124 e. The zero-order valence-electron chi connectivity index (χ0n) is 12.0.